The number of amides is 1. The van der Waals surface area contributed by atoms with E-state index in [1.54, 1.807) is 0 Å². The summed E-state index contributed by atoms with van der Waals surface area (Å²) in [5.41, 5.74) is 2.00. The van der Waals surface area contributed by atoms with Crippen LogP contribution in [0.15, 0.2) is 22.7 Å². The number of aryl methyl sites for hydroxylation is 1. The molecular weight excluding hydrogens is 298 g/mol. The molecule has 17 heavy (non-hydrogen) atoms. The molecule has 0 aliphatic carbocycles. The molecule has 0 aliphatic rings. The highest BCUT2D eigenvalue weighted by Gasteiger charge is 2.18. The van der Waals surface area contributed by atoms with Gasteiger partial charge in [-0.25, -0.2) is 0 Å². The summed E-state index contributed by atoms with van der Waals surface area (Å²) in [6.07, 6.45) is 0.883. The van der Waals surface area contributed by atoms with Gasteiger partial charge in [0.25, 0.3) is 0 Å². The Morgan fingerprint density at radius 2 is 2.12 bits per heavy atom. The molecule has 2 nitrogen and oxygen atoms in total. The second-order valence-electron chi connectivity index (χ2n) is 4.33. The van der Waals surface area contributed by atoms with Gasteiger partial charge in [0.05, 0.1) is 5.25 Å². The molecule has 0 aromatic heterocycles. The van der Waals surface area contributed by atoms with Crippen LogP contribution >= 0.6 is 28.6 Å². The lowest BCUT2D eigenvalue weighted by Crippen LogP contribution is -2.27. The average molecular weight is 316 g/mol. The molecule has 1 unspecified atom stereocenters. The van der Waals surface area contributed by atoms with Gasteiger partial charge in [-0.1, -0.05) is 36.7 Å². The monoisotopic (exact) mass is 315 g/mol. The fraction of sp³-hybridized carbons (Fsp3) is 0.462. The van der Waals surface area contributed by atoms with Crippen molar-refractivity contribution in [3.05, 3.63) is 28.2 Å². The van der Waals surface area contributed by atoms with Gasteiger partial charge in [0.2, 0.25) is 5.91 Å². The molecule has 0 saturated carbocycles. The number of hydrogen-bond acceptors (Lipinski definition) is 2. The molecule has 0 saturated heterocycles. The minimum absolute atomic E-state index is 0.0413. The van der Waals surface area contributed by atoms with Gasteiger partial charge in [0.15, 0.2) is 0 Å². The van der Waals surface area contributed by atoms with Crippen LogP contribution in [0.4, 0.5) is 5.69 Å². The first-order chi connectivity index (χ1) is 7.95. The van der Waals surface area contributed by atoms with Crippen LogP contribution in [0.5, 0.6) is 0 Å². The largest absolute Gasteiger partial charge is 0.325 e. The Labute approximate surface area is 117 Å². The Bertz CT molecular complexity index is 406. The van der Waals surface area contributed by atoms with Gasteiger partial charge in [-0.2, -0.15) is 12.6 Å². The van der Waals surface area contributed by atoms with Gasteiger partial charge < -0.3 is 5.32 Å². The van der Waals surface area contributed by atoms with Crippen LogP contribution in [0.2, 0.25) is 0 Å². The van der Waals surface area contributed by atoms with E-state index in [9.17, 15) is 4.79 Å². The fourth-order valence-corrected chi connectivity index (χ4v) is 1.96. The second-order valence-corrected chi connectivity index (χ2v) is 5.81. The molecule has 1 aromatic carbocycles. The third-order valence-electron chi connectivity index (χ3n) is 2.61. The molecule has 0 radical (unpaired) electrons. The summed E-state index contributed by atoms with van der Waals surface area (Å²) in [4.78, 5) is 11.9. The molecule has 1 rings (SSSR count). The Kier molecular flexibility index (Phi) is 5.53. The molecule has 0 heterocycles. The first-order valence-electron chi connectivity index (χ1n) is 5.73. The number of anilines is 1. The number of carbonyl (C=O) groups is 1. The lowest BCUT2D eigenvalue weighted by molar-refractivity contribution is -0.116. The quantitative estimate of drug-likeness (QED) is 0.811. The maximum atomic E-state index is 11.9. The number of thiol groups is 1. The van der Waals surface area contributed by atoms with Crippen LogP contribution in [0.3, 0.4) is 0 Å². The predicted molar refractivity (Wildman–Crippen MR) is 79.8 cm³/mol. The Balaban J connectivity index is 2.84. The molecule has 94 valence electrons. The third-order valence-corrected chi connectivity index (χ3v) is 3.93. The SMILES string of the molecule is CCc1cc(Br)ccc1NC(=O)C(S)C(C)C. The molecule has 4 heteroatoms. The van der Waals surface area contributed by atoms with Gasteiger partial charge in [-0.3, -0.25) is 4.79 Å². The van der Waals surface area contributed by atoms with Gasteiger partial charge in [-0.15, -0.1) is 0 Å². The van der Waals surface area contributed by atoms with Crippen LogP contribution in [0.25, 0.3) is 0 Å². The number of hydrogen-bond donors (Lipinski definition) is 2. The van der Waals surface area contributed by atoms with Crippen molar-refractivity contribution in [1.29, 1.82) is 0 Å². The first-order valence-corrected chi connectivity index (χ1v) is 7.04. The fourth-order valence-electron chi connectivity index (χ4n) is 1.49. The van der Waals surface area contributed by atoms with E-state index in [2.05, 4.69) is 40.8 Å². The molecule has 1 aromatic rings. The molecule has 0 spiro atoms. The topological polar surface area (TPSA) is 29.1 Å². The number of halogens is 1. The van der Waals surface area contributed by atoms with Crippen molar-refractivity contribution in [3.8, 4) is 0 Å². The maximum Gasteiger partial charge on any atom is 0.237 e. The molecule has 1 atom stereocenters. The Hall–Kier alpha value is -0.480. The summed E-state index contributed by atoms with van der Waals surface area (Å²) in [7, 11) is 0. The number of nitrogens with one attached hydrogen (secondary N) is 1. The minimum atomic E-state index is -0.275. The highest BCUT2D eigenvalue weighted by molar-refractivity contribution is 9.10. The molecule has 0 bridgehead atoms. The van der Waals surface area contributed by atoms with E-state index in [1.807, 2.05) is 32.0 Å². The zero-order chi connectivity index (χ0) is 13.0. The van der Waals surface area contributed by atoms with E-state index >= 15 is 0 Å². The van der Waals surface area contributed by atoms with Gasteiger partial charge in [-0.05, 0) is 36.1 Å². The van der Waals surface area contributed by atoms with Gasteiger partial charge >= 0.3 is 0 Å². The summed E-state index contributed by atoms with van der Waals surface area (Å²) in [5, 5.41) is 2.66. The van der Waals surface area contributed by atoms with Crippen molar-refractivity contribution in [1.82, 2.24) is 0 Å². The van der Waals surface area contributed by atoms with Crippen molar-refractivity contribution >= 4 is 40.2 Å². The molecule has 1 N–H and O–H groups in total. The highest BCUT2D eigenvalue weighted by Crippen LogP contribution is 2.22. The molecular formula is C13H18BrNOS. The number of rotatable bonds is 4. The summed E-state index contributed by atoms with van der Waals surface area (Å²) in [6.45, 7) is 6.04. The van der Waals surface area contributed by atoms with Crippen molar-refractivity contribution in [2.45, 2.75) is 32.4 Å². The smallest absolute Gasteiger partial charge is 0.237 e. The van der Waals surface area contributed by atoms with E-state index < -0.39 is 0 Å². The number of carbonyl (C=O) groups excluding carboxylic acids is 1. The van der Waals surface area contributed by atoms with Crippen molar-refractivity contribution in [3.63, 3.8) is 0 Å². The van der Waals surface area contributed by atoms with Crippen LogP contribution in [-0.4, -0.2) is 11.2 Å². The summed E-state index contributed by atoms with van der Waals surface area (Å²) < 4.78 is 1.03. The standard InChI is InChI=1S/C13H18BrNOS/c1-4-9-7-10(14)5-6-11(9)15-13(16)12(17)8(2)3/h5-8,12,17H,4H2,1-3H3,(H,15,16). The zero-order valence-corrected chi connectivity index (χ0v) is 12.8. The van der Waals surface area contributed by atoms with Gasteiger partial charge in [0, 0.05) is 10.2 Å². The van der Waals surface area contributed by atoms with Gasteiger partial charge in [0.1, 0.15) is 0 Å². The maximum absolute atomic E-state index is 11.9. The summed E-state index contributed by atoms with van der Waals surface area (Å²) in [5.74, 6) is 0.180. The van der Waals surface area contributed by atoms with Crippen LogP contribution in [0.1, 0.15) is 26.3 Å². The minimum Gasteiger partial charge on any atom is -0.325 e. The lowest BCUT2D eigenvalue weighted by Gasteiger charge is -2.16. The highest BCUT2D eigenvalue weighted by atomic mass is 79.9. The summed E-state index contributed by atoms with van der Waals surface area (Å²) >= 11 is 7.74. The van der Waals surface area contributed by atoms with E-state index in [0.717, 1.165) is 22.1 Å². The zero-order valence-electron chi connectivity index (χ0n) is 10.3. The van der Waals surface area contributed by atoms with Crippen molar-refractivity contribution in [2.75, 3.05) is 5.32 Å². The first kappa shape index (κ1) is 14.6. The Morgan fingerprint density at radius 3 is 2.65 bits per heavy atom. The van der Waals surface area contributed by atoms with E-state index in [0.29, 0.717) is 0 Å². The molecule has 1 amide bonds. The summed E-state index contributed by atoms with van der Waals surface area (Å²) in [6, 6.07) is 5.87. The van der Waals surface area contributed by atoms with E-state index in [1.165, 1.54) is 0 Å². The molecule has 0 fully saturated rings. The van der Waals surface area contributed by atoms with Crippen molar-refractivity contribution in [2.24, 2.45) is 5.92 Å². The number of benzene rings is 1. The van der Waals surface area contributed by atoms with E-state index in [-0.39, 0.29) is 17.1 Å². The van der Waals surface area contributed by atoms with E-state index in [4.69, 9.17) is 0 Å². The van der Waals surface area contributed by atoms with Crippen LogP contribution in [-0.2, 0) is 11.2 Å². The predicted octanol–water partition coefficient (Wildman–Crippen LogP) is 3.90. The van der Waals surface area contributed by atoms with Crippen LogP contribution < -0.4 is 5.32 Å². The normalized spacial score (nSPS) is 12.6. The molecule has 0 aliphatic heterocycles. The average Bonchev–Trinajstić information content (AvgIpc) is 2.30. The second kappa shape index (κ2) is 6.45. The lowest BCUT2D eigenvalue weighted by atomic mass is 10.1. The van der Waals surface area contributed by atoms with Crippen molar-refractivity contribution < 1.29 is 4.79 Å². The van der Waals surface area contributed by atoms with Crippen LogP contribution in [0, 0.1) is 5.92 Å². The Morgan fingerprint density at radius 1 is 1.47 bits per heavy atom. The third kappa shape index (κ3) is 4.03.